The first-order valence-corrected chi connectivity index (χ1v) is 11.3. The lowest BCUT2D eigenvalue weighted by Gasteiger charge is -2.20. The van der Waals surface area contributed by atoms with E-state index in [1.54, 1.807) is 18.2 Å². The molecule has 0 bridgehead atoms. The van der Waals surface area contributed by atoms with Gasteiger partial charge in [0.05, 0.1) is 18.8 Å². The lowest BCUT2D eigenvalue weighted by Crippen LogP contribution is -2.45. The van der Waals surface area contributed by atoms with Crippen molar-refractivity contribution in [3.05, 3.63) is 53.6 Å². The minimum atomic E-state index is -1.90. The van der Waals surface area contributed by atoms with Crippen molar-refractivity contribution in [1.29, 1.82) is 0 Å². The van der Waals surface area contributed by atoms with Gasteiger partial charge in [0.1, 0.15) is 12.4 Å². The van der Waals surface area contributed by atoms with Crippen molar-refractivity contribution in [3.8, 4) is 11.5 Å². The molecule has 39 heavy (non-hydrogen) atoms. The summed E-state index contributed by atoms with van der Waals surface area (Å²) in [6.45, 7) is 0.0784. The maximum atomic E-state index is 13.8. The van der Waals surface area contributed by atoms with Crippen molar-refractivity contribution in [2.24, 2.45) is 5.92 Å². The number of hydrogen-bond donors (Lipinski definition) is 3. The van der Waals surface area contributed by atoms with Crippen LogP contribution < -0.4 is 20.1 Å². The average Bonchev–Trinajstić information content (AvgIpc) is 2.89. The van der Waals surface area contributed by atoms with Gasteiger partial charge in [-0.15, -0.1) is 0 Å². The molecule has 2 atom stereocenters. The van der Waals surface area contributed by atoms with Crippen LogP contribution in [0, 0.1) is 29.2 Å². The van der Waals surface area contributed by atoms with Crippen LogP contribution >= 0.6 is 0 Å². The summed E-state index contributed by atoms with van der Waals surface area (Å²) in [6, 6.07) is 4.62. The van der Waals surface area contributed by atoms with Crippen molar-refractivity contribution in [2.45, 2.75) is 32.2 Å². The highest BCUT2D eigenvalue weighted by Gasteiger charge is 2.29. The number of ether oxygens (including phenoxy) is 2. The SMILES string of the molecule is COc1ccccc1NC(=O)C(=O)C[C@@H](C)C(=O)N[C@@H](CCC(=O)O)C(=O)COc1c(F)c(F)cc(F)c1F. The fraction of sp³-hybridized carbons (Fsp3) is 0.320. The first-order valence-electron chi connectivity index (χ1n) is 11.3. The molecule has 2 amide bonds. The van der Waals surface area contributed by atoms with Crippen molar-refractivity contribution < 1.29 is 56.1 Å². The summed E-state index contributed by atoms with van der Waals surface area (Å²) in [5.41, 5.74) is 0.209. The van der Waals surface area contributed by atoms with Crippen LogP contribution in [-0.2, 0) is 24.0 Å². The van der Waals surface area contributed by atoms with Crippen molar-refractivity contribution in [2.75, 3.05) is 19.0 Å². The van der Waals surface area contributed by atoms with Crippen LogP contribution in [0.25, 0.3) is 0 Å². The van der Waals surface area contributed by atoms with Crippen molar-refractivity contribution in [1.82, 2.24) is 5.32 Å². The number of halogens is 4. The summed E-state index contributed by atoms with van der Waals surface area (Å²) < 4.78 is 64.0. The van der Waals surface area contributed by atoms with Gasteiger partial charge < -0.3 is 25.2 Å². The van der Waals surface area contributed by atoms with E-state index in [4.69, 9.17) is 9.84 Å². The zero-order valence-electron chi connectivity index (χ0n) is 20.7. The first-order chi connectivity index (χ1) is 18.3. The van der Waals surface area contributed by atoms with E-state index in [0.717, 1.165) is 0 Å². The highest BCUT2D eigenvalue weighted by atomic mass is 19.2. The Morgan fingerprint density at radius 3 is 2.21 bits per heavy atom. The van der Waals surface area contributed by atoms with E-state index in [1.165, 1.54) is 20.1 Å². The molecule has 0 unspecified atom stereocenters. The van der Waals surface area contributed by atoms with Gasteiger partial charge in [0.2, 0.25) is 23.3 Å². The summed E-state index contributed by atoms with van der Waals surface area (Å²) in [5.74, 6) is -15.1. The molecule has 2 aromatic rings. The molecule has 0 heterocycles. The number of rotatable bonds is 14. The normalized spacial score (nSPS) is 12.2. The molecule has 3 N–H and O–H groups in total. The van der Waals surface area contributed by atoms with Gasteiger partial charge in [-0.1, -0.05) is 19.1 Å². The number of amides is 2. The summed E-state index contributed by atoms with van der Waals surface area (Å²) in [5, 5.41) is 13.5. The second kappa shape index (κ2) is 13.9. The zero-order valence-corrected chi connectivity index (χ0v) is 20.7. The molecule has 2 aromatic carbocycles. The van der Waals surface area contributed by atoms with Gasteiger partial charge in [0.25, 0.3) is 5.91 Å². The van der Waals surface area contributed by atoms with Crippen molar-refractivity contribution in [3.63, 3.8) is 0 Å². The topological polar surface area (TPSA) is 148 Å². The fourth-order valence-electron chi connectivity index (χ4n) is 3.22. The number of Topliss-reactive ketones (excluding diaryl/α,β-unsaturated/α-hetero) is 2. The monoisotopic (exact) mass is 556 g/mol. The van der Waals surface area contributed by atoms with E-state index in [-0.39, 0.29) is 17.5 Å². The molecule has 2 rings (SSSR count). The number of hydrogen-bond acceptors (Lipinski definition) is 7. The number of nitrogens with one attached hydrogen (secondary N) is 2. The molecule has 10 nitrogen and oxygen atoms in total. The van der Waals surface area contributed by atoms with Crippen molar-refractivity contribution >= 4 is 35.0 Å². The number of benzene rings is 2. The number of aliphatic carboxylic acids is 1. The van der Waals surface area contributed by atoms with Gasteiger partial charge in [-0.05, 0) is 18.6 Å². The van der Waals surface area contributed by atoms with Gasteiger partial charge in [-0.25, -0.2) is 8.78 Å². The molecule has 0 radical (unpaired) electrons. The van der Waals surface area contributed by atoms with E-state index in [9.17, 15) is 41.5 Å². The first kappa shape index (κ1) is 30.7. The Kier molecular flexibility index (Phi) is 10.9. The third kappa shape index (κ3) is 8.51. The van der Waals surface area contributed by atoms with E-state index in [0.29, 0.717) is 0 Å². The Balaban J connectivity index is 2.05. The van der Waals surface area contributed by atoms with Gasteiger partial charge in [-0.3, -0.25) is 24.0 Å². The fourth-order valence-corrected chi connectivity index (χ4v) is 3.22. The zero-order chi connectivity index (χ0) is 29.3. The Hall–Kier alpha value is -4.49. The lowest BCUT2D eigenvalue weighted by atomic mass is 10.0. The quantitative estimate of drug-likeness (QED) is 0.183. The Morgan fingerprint density at radius 1 is 1.00 bits per heavy atom. The Morgan fingerprint density at radius 2 is 1.62 bits per heavy atom. The van der Waals surface area contributed by atoms with Crippen LogP contribution in [0.5, 0.6) is 11.5 Å². The van der Waals surface area contributed by atoms with Crippen LogP contribution in [0.15, 0.2) is 30.3 Å². The molecule has 0 saturated heterocycles. The maximum absolute atomic E-state index is 13.8. The molecule has 0 aliphatic heterocycles. The van der Waals surface area contributed by atoms with Gasteiger partial charge in [-0.2, -0.15) is 8.78 Å². The minimum Gasteiger partial charge on any atom is -0.495 e. The predicted octanol–water partition coefficient (Wildman–Crippen LogP) is 2.78. The van der Waals surface area contributed by atoms with E-state index in [1.807, 2.05) is 0 Å². The maximum Gasteiger partial charge on any atom is 0.303 e. The van der Waals surface area contributed by atoms with E-state index < -0.39 is 96.2 Å². The number of anilines is 1. The van der Waals surface area contributed by atoms with Gasteiger partial charge in [0, 0.05) is 24.8 Å². The summed E-state index contributed by atoms with van der Waals surface area (Å²) in [6.07, 6.45) is -1.70. The molecule has 0 aliphatic carbocycles. The van der Waals surface area contributed by atoms with E-state index >= 15 is 0 Å². The molecular formula is C25H24F4N2O8. The van der Waals surface area contributed by atoms with Crippen LogP contribution in [-0.4, -0.2) is 54.2 Å². The summed E-state index contributed by atoms with van der Waals surface area (Å²) >= 11 is 0. The molecule has 14 heteroatoms. The largest absolute Gasteiger partial charge is 0.495 e. The summed E-state index contributed by atoms with van der Waals surface area (Å²) in [7, 11) is 1.36. The van der Waals surface area contributed by atoms with Crippen LogP contribution in [0.3, 0.4) is 0 Å². The molecule has 0 aliphatic rings. The second-order valence-corrected chi connectivity index (χ2v) is 8.23. The van der Waals surface area contributed by atoms with Gasteiger partial charge >= 0.3 is 5.97 Å². The number of ketones is 2. The third-order valence-corrected chi connectivity index (χ3v) is 5.33. The molecule has 0 aromatic heterocycles. The Bertz CT molecular complexity index is 1240. The van der Waals surface area contributed by atoms with Gasteiger partial charge in [0.15, 0.2) is 23.2 Å². The highest BCUT2D eigenvalue weighted by molar-refractivity contribution is 6.41. The number of carbonyl (C=O) groups is 5. The Labute approximate surface area is 219 Å². The third-order valence-electron chi connectivity index (χ3n) is 5.33. The number of methoxy groups -OCH3 is 1. The van der Waals surface area contributed by atoms with Crippen LogP contribution in [0.2, 0.25) is 0 Å². The average molecular weight is 556 g/mol. The number of carboxylic acids is 1. The number of carbonyl (C=O) groups excluding carboxylic acids is 4. The smallest absolute Gasteiger partial charge is 0.303 e. The standard InChI is InChI=1S/C25H24F4N2O8/c1-12(9-17(32)25(37)31-16-5-3-4-6-19(16)38-2)24(36)30-15(7-8-20(34)35)18(33)11-39-23-21(28)13(26)10-14(27)22(23)29/h3-6,10,12,15H,7-9,11H2,1-2H3,(H,30,36)(H,31,37)(H,34,35)/t12-,15+/m1/s1. The molecule has 0 spiro atoms. The number of carboxylic acid groups (broad SMARTS) is 1. The second-order valence-electron chi connectivity index (χ2n) is 8.23. The predicted molar refractivity (Wildman–Crippen MR) is 126 cm³/mol. The molecule has 210 valence electrons. The van der Waals surface area contributed by atoms with Crippen LogP contribution in [0.1, 0.15) is 26.2 Å². The number of para-hydroxylation sites is 2. The highest BCUT2D eigenvalue weighted by Crippen LogP contribution is 2.26. The molecule has 0 saturated carbocycles. The van der Waals surface area contributed by atoms with Crippen LogP contribution in [0.4, 0.5) is 23.2 Å². The van der Waals surface area contributed by atoms with E-state index in [2.05, 4.69) is 15.4 Å². The minimum absolute atomic E-state index is 0.0610. The molecular weight excluding hydrogens is 532 g/mol. The molecule has 0 fully saturated rings. The summed E-state index contributed by atoms with van der Waals surface area (Å²) in [4.78, 5) is 60.8. The lowest BCUT2D eigenvalue weighted by molar-refractivity contribution is -0.139.